The Morgan fingerprint density at radius 1 is 1.40 bits per heavy atom. The zero-order valence-corrected chi connectivity index (χ0v) is 9.00. The van der Waals surface area contributed by atoms with E-state index in [0.717, 1.165) is 0 Å². The summed E-state index contributed by atoms with van der Waals surface area (Å²) in [6.07, 6.45) is 1.47. The third-order valence-corrected chi connectivity index (χ3v) is 2.48. The van der Waals surface area contributed by atoms with Gasteiger partial charge in [0.2, 0.25) is 0 Å². The van der Waals surface area contributed by atoms with Gasteiger partial charge < -0.3 is 0 Å². The van der Waals surface area contributed by atoms with Crippen molar-refractivity contribution >= 4 is 23.2 Å². The SMILES string of the molecule is Fc1cccc(Cl)c1-n1nncc1CCl. The second-order valence-corrected chi connectivity index (χ2v) is 3.52. The summed E-state index contributed by atoms with van der Waals surface area (Å²) in [5.74, 6) is -0.267. The van der Waals surface area contributed by atoms with E-state index in [1.54, 1.807) is 6.07 Å². The van der Waals surface area contributed by atoms with Crippen LogP contribution in [-0.4, -0.2) is 15.0 Å². The van der Waals surface area contributed by atoms with Crippen LogP contribution in [0, 0.1) is 5.82 Å². The van der Waals surface area contributed by atoms with Gasteiger partial charge in [-0.1, -0.05) is 22.9 Å². The van der Waals surface area contributed by atoms with Crippen molar-refractivity contribution in [2.75, 3.05) is 0 Å². The zero-order valence-electron chi connectivity index (χ0n) is 7.49. The minimum absolute atomic E-state index is 0.173. The summed E-state index contributed by atoms with van der Waals surface area (Å²) in [5.41, 5.74) is 0.760. The molecule has 0 bridgehead atoms. The average molecular weight is 246 g/mol. The van der Waals surface area contributed by atoms with Crippen LogP contribution in [0.25, 0.3) is 5.69 Å². The predicted molar refractivity (Wildman–Crippen MR) is 55.9 cm³/mol. The maximum absolute atomic E-state index is 13.5. The van der Waals surface area contributed by atoms with Gasteiger partial charge in [0.25, 0.3) is 0 Å². The molecule has 0 fully saturated rings. The fourth-order valence-corrected chi connectivity index (χ4v) is 1.65. The molecule has 2 rings (SSSR count). The van der Waals surface area contributed by atoms with E-state index >= 15 is 0 Å². The summed E-state index contributed by atoms with van der Waals surface area (Å²) in [6, 6.07) is 4.42. The Bertz CT molecular complexity index is 464. The van der Waals surface area contributed by atoms with Gasteiger partial charge in [0.1, 0.15) is 11.5 Å². The second kappa shape index (κ2) is 4.16. The van der Waals surface area contributed by atoms with Gasteiger partial charge in [0.05, 0.1) is 22.8 Å². The topological polar surface area (TPSA) is 30.7 Å². The molecule has 0 spiro atoms. The lowest BCUT2D eigenvalue weighted by Crippen LogP contribution is -2.04. The molecule has 0 aliphatic carbocycles. The first kappa shape index (κ1) is 10.4. The summed E-state index contributed by atoms with van der Waals surface area (Å²) in [4.78, 5) is 0. The molecule has 1 heterocycles. The fraction of sp³-hybridized carbons (Fsp3) is 0.111. The van der Waals surface area contributed by atoms with E-state index in [1.165, 1.54) is 23.0 Å². The van der Waals surface area contributed by atoms with Crippen molar-refractivity contribution in [3.05, 3.63) is 40.9 Å². The highest BCUT2D eigenvalue weighted by molar-refractivity contribution is 6.32. The molecule has 1 aromatic carbocycles. The quantitative estimate of drug-likeness (QED) is 0.763. The number of alkyl halides is 1. The van der Waals surface area contributed by atoms with Crippen molar-refractivity contribution in [3.8, 4) is 5.69 Å². The molecule has 0 unspecified atom stereocenters. The molecule has 0 N–H and O–H groups in total. The Labute approximate surface area is 95.4 Å². The first-order valence-electron chi connectivity index (χ1n) is 4.14. The highest BCUT2D eigenvalue weighted by Gasteiger charge is 2.13. The third-order valence-electron chi connectivity index (χ3n) is 1.91. The number of nitrogens with zero attached hydrogens (tertiary/aromatic N) is 3. The number of hydrogen-bond donors (Lipinski definition) is 0. The molecule has 78 valence electrons. The molecule has 6 heteroatoms. The monoisotopic (exact) mass is 245 g/mol. The summed E-state index contributed by atoms with van der Waals surface area (Å²) in [5, 5.41) is 7.66. The van der Waals surface area contributed by atoms with Crippen molar-refractivity contribution in [1.82, 2.24) is 15.0 Å². The molecular formula is C9H6Cl2FN3. The molecule has 0 saturated carbocycles. The first-order chi connectivity index (χ1) is 7.24. The Hall–Kier alpha value is -1.13. The Morgan fingerprint density at radius 3 is 2.87 bits per heavy atom. The molecule has 0 atom stereocenters. The lowest BCUT2D eigenvalue weighted by molar-refractivity contribution is 0.604. The third kappa shape index (κ3) is 1.82. The van der Waals surface area contributed by atoms with E-state index in [4.69, 9.17) is 23.2 Å². The summed E-state index contributed by atoms with van der Waals surface area (Å²) in [6.45, 7) is 0. The normalized spacial score (nSPS) is 10.6. The largest absolute Gasteiger partial charge is 0.212 e. The maximum Gasteiger partial charge on any atom is 0.150 e. The van der Waals surface area contributed by atoms with E-state index in [0.29, 0.717) is 5.69 Å². The molecule has 1 aromatic heterocycles. The number of rotatable bonds is 2. The van der Waals surface area contributed by atoms with Crippen LogP contribution in [0.2, 0.25) is 5.02 Å². The zero-order chi connectivity index (χ0) is 10.8. The van der Waals surface area contributed by atoms with Crippen molar-refractivity contribution in [2.45, 2.75) is 5.88 Å². The van der Waals surface area contributed by atoms with E-state index in [2.05, 4.69) is 10.3 Å². The van der Waals surface area contributed by atoms with Gasteiger partial charge in [0, 0.05) is 0 Å². The Morgan fingerprint density at radius 2 is 2.20 bits per heavy atom. The van der Waals surface area contributed by atoms with Gasteiger partial charge in [-0.3, -0.25) is 0 Å². The van der Waals surface area contributed by atoms with Gasteiger partial charge in [-0.2, -0.15) is 0 Å². The molecule has 15 heavy (non-hydrogen) atoms. The summed E-state index contributed by atoms with van der Waals surface area (Å²) < 4.78 is 14.8. The smallest absolute Gasteiger partial charge is 0.150 e. The Kier molecular flexibility index (Phi) is 2.88. The second-order valence-electron chi connectivity index (χ2n) is 2.84. The predicted octanol–water partition coefficient (Wildman–Crippen LogP) is 2.80. The van der Waals surface area contributed by atoms with Gasteiger partial charge in [-0.05, 0) is 12.1 Å². The van der Waals surface area contributed by atoms with Crippen LogP contribution in [-0.2, 0) is 5.88 Å². The molecule has 3 nitrogen and oxygen atoms in total. The first-order valence-corrected chi connectivity index (χ1v) is 5.05. The number of benzene rings is 1. The van der Waals surface area contributed by atoms with Gasteiger partial charge in [-0.15, -0.1) is 16.7 Å². The minimum Gasteiger partial charge on any atom is -0.212 e. The van der Waals surface area contributed by atoms with Crippen LogP contribution in [0.3, 0.4) is 0 Å². The Balaban J connectivity index is 2.63. The lowest BCUT2D eigenvalue weighted by atomic mass is 10.3. The standard InChI is InChI=1S/C9H6Cl2FN3/c10-4-6-5-13-14-15(6)9-7(11)2-1-3-8(9)12/h1-3,5H,4H2. The average Bonchev–Trinajstić information content (AvgIpc) is 2.65. The van der Waals surface area contributed by atoms with Crippen LogP contribution < -0.4 is 0 Å². The van der Waals surface area contributed by atoms with Gasteiger partial charge in [-0.25, -0.2) is 9.07 Å². The van der Waals surface area contributed by atoms with Crippen LogP contribution in [0.15, 0.2) is 24.4 Å². The van der Waals surface area contributed by atoms with E-state index < -0.39 is 5.82 Å². The van der Waals surface area contributed by atoms with Gasteiger partial charge in [0.15, 0.2) is 0 Å². The maximum atomic E-state index is 13.5. The lowest BCUT2D eigenvalue weighted by Gasteiger charge is -2.06. The van der Waals surface area contributed by atoms with Crippen LogP contribution >= 0.6 is 23.2 Å². The number of halogens is 3. The van der Waals surface area contributed by atoms with Crippen molar-refractivity contribution in [3.63, 3.8) is 0 Å². The molecule has 2 aromatic rings. The number of para-hydroxylation sites is 1. The fourth-order valence-electron chi connectivity index (χ4n) is 1.23. The molecule has 0 amide bonds. The van der Waals surface area contributed by atoms with E-state index in [9.17, 15) is 4.39 Å². The highest BCUT2D eigenvalue weighted by Crippen LogP contribution is 2.23. The number of aromatic nitrogens is 3. The molecule has 0 aliphatic heterocycles. The van der Waals surface area contributed by atoms with Crippen LogP contribution in [0.1, 0.15) is 5.69 Å². The van der Waals surface area contributed by atoms with E-state index in [1.807, 2.05) is 0 Å². The van der Waals surface area contributed by atoms with Crippen molar-refractivity contribution < 1.29 is 4.39 Å². The molecule has 0 aliphatic rings. The summed E-state index contributed by atoms with van der Waals surface area (Å²) >= 11 is 11.5. The van der Waals surface area contributed by atoms with Crippen LogP contribution in [0.5, 0.6) is 0 Å². The number of hydrogen-bond acceptors (Lipinski definition) is 2. The van der Waals surface area contributed by atoms with Crippen molar-refractivity contribution in [1.29, 1.82) is 0 Å². The van der Waals surface area contributed by atoms with Gasteiger partial charge >= 0.3 is 0 Å². The minimum atomic E-state index is -0.459. The molecule has 0 saturated heterocycles. The summed E-state index contributed by atoms with van der Waals surface area (Å²) in [7, 11) is 0. The molecule has 0 radical (unpaired) electrons. The molecular weight excluding hydrogens is 240 g/mol. The highest BCUT2D eigenvalue weighted by atomic mass is 35.5. The van der Waals surface area contributed by atoms with Crippen LogP contribution in [0.4, 0.5) is 4.39 Å². The van der Waals surface area contributed by atoms with Crippen molar-refractivity contribution in [2.24, 2.45) is 0 Å². The van der Waals surface area contributed by atoms with E-state index in [-0.39, 0.29) is 16.6 Å².